The largest absolute Gasteiger partial charge is 0.459 e. The molecular weight excluding hydrogens is 439 g/mol. The molecule has 174 valence electrons. The molecule has 3 aromatic heterocycles. The van der Waals surface area contributed by atoms with Gasteiger partial charge in [-0.2, -0.15) is 13.2 Å². The molecule has 4 rings (SSSR count). The molecule has 1 aliphatic rings. The fourth-order valence-electron chi connectivity index (χ4n) is 3.38. The van der Waals surface area contributed by atoms with Crippen LogP contribution in [0.15, 0.2) is 23.0 Å². The Bertz CT molecular complexity index is 1200. The van der Waals surface area contributed by atoms with Crippen LogP contribution >= 0.6 is 0 Å². The van der Waals surface area contributed by atoms with Crippen molar-refractivity contribution < 1.29 is 27.2 Å². The number of nitrogens with zero attached hydrogens (tertiary/aromatic N) is 5. The van der Waals surface area contributed by atoms with Crippen LogP contribution in [0.2, 0.25) is 0 Å². The Morgan fingerprint density at radius 3 is 2.58 bits per heavy atom. The topological polar surface area (TPSA) is 95.9 Å². The maximum atomic E-state index is 13.4. The number of halogens is 3. The third kappa shape index (κ3) is 4.96. The number of carbonyl (C=O) groups is 1. The average Bonchev–Trinajstić information content (AvgIpc) is 3.40. The highest BCUT2D eigenvalue weighted by molar-refractivity contribution is 6.20. The summed E-state index contributed by atoms with van der Waals surface area (Å²) >= 11 is 0. The van der Waals surface area contributed by atoms with Crippen molar-refractivity contribution in [3.05, 3.63) is 46.9 Å². The number of hydrogen-bond acceptors (Lipinski definition) is 7. The molecule has 0 unspecified atom stereocenters. The number of aryl methyl sites for hydroxylation is 2. The van der Waals surface area contributed by atoms with E-state index in [1.807, 2.05) is 0 Å². The van der Waals surface area contributed by atoms with Gasteiger partial charge in [-0.05, 0) is 52.7 Å². The molecule has 0 amide bonds. The molecule has 1 saturated carbocycles. The summed E-state index contributed by atoms with van der Waals surface area (Å²) in [6.07, 6.45) is -0.652. The number of pyridine rings is 1. The third-order valence-electron chi connectivity index (χ3n) is 5.02. The summed E-state index contributed by atoms with van der Waals surface area (Å²) in [5.41, 5.74) is 0.681. The predicted molar refractivity (Wildman–Crippen MR) is 112 cm³/mol. The summed E-state index contributed by atoms with van der Waals surface area (Å²) in [5, 5.41) is 8.15. The van der Waals surface area contributed by atoms with E-state index in [-0.39, 0.29) is 29.0 Å². The van der Waals surface area contributed by atoms with Gasteiger partial charge in [0.25, 0.3) is 0 Å². The van der Waals surface area contributed by atoms with Gasteiger partial charge in [0.15, 0.2) is 5.82 Å². The minimum Gasteiger partial charge on any atom is -0.459 e. The fourth-order valence-corrected chi connectivity index (χ4v) is 3.38. The smallest absolute Gasteiger partial charge is 0.433 e. The number of alkyl halides is 3. The molecule has 33 heavy (non-hydrogen) atoms. The quantitative estimate of drug-likeness (QED) is 0.385. The zero-order valence-electron chi connectivity index (χ0n) is 18.5. The fraction of sp³-hybridized carbons (Fsp3) is 0.409. The van der Waals surface area contributed by atoms with Gasteiger partial charge in [0.2, 0.25) is 0 Å². The lowest BCUT2D eigenvalue weighted by molar-refractivity contribution is -0.141. The van der Waals surface area contributed by atoms with Crippen molar-refractivity contribution in [2.75, 3.05) is 0 Å². The number of rotatable bonds is 6. The number of ether oxygens (including phenoxy) is 1. The molecule has 0 saturated heterocycles. The molecule has 11 heteroatoms. The molecule has 1 aliphatic carbocycles. The van der Waals surface area contributed by atoms with Crippen molar-refractivity contribution in [2.45, 2.75) is 58.7 Å². The Morgan fingerprint density at radius 2 is 2.00 bits per heavy atom. The first-order valence-corrected chi connectivity index (χ1v) is 10.4. The Morgan fingerprint density at radius 1 is 1.27 bits per heavy atom. The van der Waals surface area contributed by atoms with E-state index >= 15 is 0 Å². The van der Waals surface area contributed by atoms with Crippen LogP contribution in [-0.4, -0.2) is 37.0 Å². The van der Waals surface area contributed by atoms with E-state index in [1.165, 1.54) is 17.2 Å². The van der Waals surface area contributed by atoms with E-state index in [9.17, 15) is 18.0 Å². The van der Waals surface area contributed by atoms with E-state index in [0.717, 1.165) is 18.9 Å². The highest BCUT2D eigenvalue weighted by atomic mass is 19.4. The Kier molecular flexibility index (Phi) is 5.81. The summed E-state index contributed by atoms with van der Waals surface area (Å²) in [6.45, 7) is 6.78. The lowest BCUT2D eigenvalue weighted by Crippen LogP contribution is -2.14. The van der Waals surface area contributed by atoms with Crippen molar-refractivity contribution in [3.8, 4) is 11.4 Å². The van der Waals surface area contributed by atoms with E-state index in [2.05, 4.69) is 20.2 Å². The third-order valence-corrected chi connectivity index (χ3v) is 5.02. The highest BCUT2D eigenvalue weighted by Crippen LogP contribution is 2.41. The molecule has 0 N–H and O–H groups in total. The number of aromatic nitrogens is 5. The van der Waals surface area contributed by atoms with Crippen LogP contribution < -0.4 is 0 Å². The average molecular weight is 461 g/mol. The van der Waals surface area contributed by atoms with Gasteiger partial charge in [-0.15, -0.1) is 5.10 Å². The van der Waals surface area contributed by atoms with Crippen molar-refractivity contribution in [1.29, 1.82) is 0 Å². The molecule has 8 nitrogen and oxygen atoms in total. The van der Waals surface area contributed by atoms with Gasteiger partial charge < -0.3 is 9.26 Å². The minimum absolute atomic E-state index is 0.0185. The normalized spacial score (nSPS) is 14.7. The first-order chi connectivity index (χ1) is 15.5. The van der Waals surface area contributed by atoms with Gasteiger partial charge in [-0.3, -0.25) is 0 Å². The van der Waals surface area contributed by atoms with Crippen molar-refractivity contribution in [2.24, 2.45) is 0 Å². The first-order valence-electron chi connectivity index (χ1n) is 10.4. The molecule has 3 heterocycles. The second-order valence-electron chi connectivity index (χ2n) is 8.18. The Labute approximate surface area is 187 Å². The number of carbonyl (C=O) groups excluding carboxylic acids is 1. The van der Waals surface area contributed by atoms with E-state index in [0.29, 0.717) is 22.7 Å². The van der Waals surface area contributed by atoms with E-state index in [1.54, 1.807) is 33.8 Å². The Hall–Kier alpha value is -3.50. The van der Waals surface area contributed by atoms with Gasteiger partial charge >= 0.3 is 12.1 Å². The molecule has 3 aromatic rings. The van der Waals surface area contributed by atoms with Crippen molar-refractivity contribution in [1.82, 2.24) is 24.9 Å². The van der Waals surface area contributed by atoms with E-state index < -0.39 is 17.8 Å². The van der Waals surface area contributed by atoms with Crippen LogP contribution in [0.25, 0.3) is 23.2 Å². The summed E-state index contributed by atoms with van der Waals surface area (Å²) in [5.74, 6) is -0.102. The standard InChI is InChI=1S/C22H22F3N5O3/c1-11(2)32-21(31)16(19-12(3)29-33-13(19)4)9-30-10-26-20(28-30)15-7-17(14-5-6-14)27-18(8-15)22(23,24)25/h7-11,14H,5-6H2,1-4H3/b16-9+. The van der Waals surface area contributed by atoms with Crippen molar-refractivity contribution >= 4 is 17.7 Å². The van der Waals surface area contributed by atoms with Crippen LogP contribution in [0.1, 0.15) is 61.0 Å². The molecule has 0 bridgehead atoms. The number of hydrogen-bond donors (Lipinski definition) is 0. The highest BCUT2D eigenvalue weighted by Gasteiger charge is 2.36. The first kappa shape index (κ1) is 22.7. The van der Waals surface area contributed by atoms with Crippen LogP contribution in [0.3, 0.4) is 0 Å². The molecular formula is C22H22F3N5O3. The molecule has 0 atom stereocenters. The van der Waals surface area contributed by atoms with Gasteiger partial charge in [-0.1, -0.05) is 5.16 Å². The predicted octanol–water partition coefficient (Wildman–Crippen LogP) is 4.79. The second-order valence-corrected chi connectivity index (χ2v) is 8.18. The SMILES string of the molecule is Cc1noc(C)c1/C(=C\n1cnc(-c2cc(C3CC3)nc(C(F)(F)F)c2)n1)C(=O)OC(C)C. The molecule has 0 spiro atoms. The zero-order valence-corrected chi connectivity index (χ0v) is 18.5. The van der Waals surface area contributed by atoms with Gasteiger partial charge in [0.1, 0.15) is 17.8 Å². The molecule has 0 aromatic carbocycles. The van der Waals surface area contributed by atoms with Gasteiger partial charge in [0, 0.05) is 23.4 Å². The summed E-state index contributed by atoms with van der Waals surface area (Å²) < 4.78 is 51.9. The molecule has 1 fully saturated rings. The monoisotopic (exact) mass is 461 g/mol. The van der Waals surface area contributed by atoms with Crippen molar-refractivity contribution in [3.63, 3.8) is 0 Å². The van der Waals surface area contributed by atoms with E-state index in [4.69, 9.17) is 9.26 Å². The van der Waals surface area contributed by atoms with Crippen LogP contribution in [0, 0.1) is 13.8 Å². The summed E-state index contributed by atoms with van der Waals surface area (Å²) in [7, 11) is 0. The number of esters is 1. The molecule has 0 aliphatic heterocycles. The van der Waals surface area contributed by atoms with Crippen LogP contribution in [-0.2, 0) is 15.7 Å². The second kappa shape index (κ2) is 8.45. The molecule has 0 radical (unpaired) electrons. The van der Waals surface area contributed by atoms with Gasteiger partial charge in [-0.25, -0.2) is 19.4 Å². The van der Waals surface area contributed by atoms with Crippen LogP contribution in [0.4, 0.5) is 13.2 Å². The lowest BCUT2D eigenvalue weighted by Gasteiger charge is -2.11. The van der Waals surface area contributed by atoms with Gasteiger partial charge in [0.05, 0.1) is 22.9 Å². The minimum atomic E-state index is -4.58. The van der Waals surface area contributed by atoms with Crippen LogP contribution in [0.5, 0.6) is 0 Å². The lowest BCUT2D eigenvalue weighted by atomic mass is 10.1. The maximum absolute atomic E-state index is 13.4. The zero-order chi connectivity index (χ0) is 23.9. The Balaban J connectivity index is 1.75. The summed E-state index contributed by atoms with van der Waals surface area (Å²) in [4.78, 5) is 20.7. The maximum Gasteiger partial charge on any atom is 0.433 e. The summed E-state index contributed by atoms with van der Waals surface area (Å²) in [6, 6.07) is 2.51.